The van der Waals surface area contributed by atoms with E-state index in [0.717, 1.165) is 16.9 Å². The summed E-state index contributed by atoms with van der Waals surface area (Å²) in [7, 11) is 1.27. The van der Waals surface area contributed by atoms with Gasteiger partial charge in [0.2, 0.25) is 6.79 Å². The number of ether oxygens (including phenoxy) is 2. The second-order valence-electron chi connectivity index (χ2n) is 7.51. The molecule has 0 saturated carbocycles. The molecule has 2 amide bonds. The molecule has 0 unspecified atom stereocenters. The number of nitrogens with one attached hydrogen (secondary N) is 1. The molecule has 4 rings (SSSR count). The number of aryl methyl sites for hydroxylation is 1. The van der Waals surface area contributed by atoms with Crippen molar-refractivity contribution in [3.63, 3.8) is 0 Å². The van der Waals surface area contributed by atoms with Crippen LogP contribution >= 0.6 is 23.1 Å². The van der Waals surface area contributed by atoms with Crippen LogP contribution in [0.5, 0.6) is 0 Å². The number of rotatable bonds is 8. The summed E-state index contributed by atoms with van der Waals surface area (Å²) >= 11 is 2.48. The Kier molecular flexibility index (Phi) is 7.55. The second kappa shape index (κ2) is 10.8. The number of oxime groups is 1. The van der Waals surface area contributed by atoms with Gasteiger partial charge in [-0.2, -0.15) is 0 Å². The number of carbonyl (C=O) groups excluding carboxylic acids is 4. The standard InChI is InChI=1S/C22H21N5O7S2/c1-11-3-5-12(6-4-11)20(30)33-10-34-21(31)14-7-8-35-19-16(18(29)27(14)19)25-17(28)15(26-32-2)13-9-36-22(23)24-13/h3-7,9,16,19H,8,10H2,1-2H3,(H2,23,24)(H,25,28)/b26-15-/t16-,19-/m1/s1. The molecule has 1 saturated heterocycles. The van der Waals surface area contributed by atoms with E-state index >= 15 is 0 Å². The minimum atomic E-state index is -0.906. The number of carbonyl (C=O) groups is 4. The van der Waals surface area contributed by atoms with Crippen LogP contribution in [-0.4, -0.2) is 70.4 Å². The first-order chi connectivity index (χ1) is 17.3. The van der Waals surface area contributed by atoms with E-state index in [9.17, 15) is 19.2 Å². The van der Waals surface area contributed by atoms with Gasteiger partial charge in [0.25, 0.3) is 11.8 Å². The van der Waals surface area contributed by atoms with Crippen LogP contribution in [0, 0.1) is 6.92 Å². The Hall–Kier alpha value is -3.91. The molecular formula is C22H21N5O7S2. The highest BCUT2D eigenvalue weighted by Gasteiger charge is 2.53. The molecule has 3 N–H and O–H groups in total. The highest BCUT2D eigenvalue weighted by Crippen LogP contribution is 2.37. The van der Waals surface area contributed by atoms with Gasteiger partial charge in [0, 0.05) is 11.1 Å². The second-order valence-corrected chi connectivity index (χ2v) is 9.55. The maximum absolute atomic E-state index is 12.8. The maximum Gasteiger partial charge on any atom is 0.357 e. The number of amides is 2. The monoisotopic (exact) mass is 531 g/mol. The molecule has 2 aromatic rings. The number of esters is 2. The Morgan fingerprint density at radius 3 is 2.61 bits per heavy atom. The van der Waals surface area contributed by atoms with Crippen molar-refractivity contribution in [3.05, 3.63) is 58.2 Å². The summed E-state index contributed by atoms with van der Waals surface area (Å²) in [6, 6.07) is 5.81. The Morgan fingerprint density at radius 2 is 1.94 bits per heavy atom. The summed E-state index contributed by atoms with van der Waals surface area (Å²) in [6.45, 7) is 1.27. The number of β-lactam (4-membered cyclic amide) rings is 1. The molecule has 0 spiro atoms. The first-order valence-electron chi connectivity index (χ1n) is 10.5. The third-order valence-electron chi connectivity index (χ3n) is 5.17. The molecule has 14 heteroatoms. The van der Waals surface area contributed by atoms with E-state index in [4.69, 9.17) is 20.0 Å². The molecule has 1 fully saturated rings. The average molecular weight is 532 g/mol. The van der Waals surface area contributed by atoms with Gasteiger partial charge in [-0.05, 0) is 25.1 Å². The van der Waals surface area contributed by atoms with Crippen LogP contribution in [0.3, 0.4) is 0 Å². The van der Waals surface area contributed by atoms with Crippen molar-refractivity contribution in [1.29, 1.82) is 0 Å². The van der Waals surface area contributed by atoms with Gasteiger partial charge in [-0.25, -0.2) is 14.6 Å². The molecule has 0 radical (unpaired) electrons. The van der Waals surface area contributed by atoms with Crippen LogP contribution in [0.4, 0.5) is 5.13 Å². The van der Waals surface area contributed by atoms with Crippen molar-refractivity contribution in [1.82, 2.24) is 15.2 Å². The van der Waals surface area contributed by atoms with Gasteiger partial charge in [-0.1, -0.05) is 22.9 Å². The Balaban J connectivity index is 1.34. The zero-order chi connectivity index (χ0) is 25.8. The lowest BCUT2D eigenvalue weighted by Gasteiger charge is -2.48. The van der Waals surface area contributed by atoms with E-state index in [0.29, 0.717) is 11.3 Å². The topological polar surface area (TPSA) is 163 Å². The number of nitrogens with two attached hydrogens (primary N) is 1. The number of fused-ring (bicyclic) bond motifs is 1. The fraction of sp³-hybridized carbons (Fsp3) is 0.273. The fourth-order valence-corrected chi connectivity index (χ4v) is 5.16. The van der Waals surface area contributed by atoms with Gasteiger partial charge < -0.3 is 25.4 Å². The Bertz CT molecular complexity index is 1260. The summed E-state index contributed by atoms with van der Waals surface area (Å²) in [5.74, 6) is -2.25. The van der Waals surface area contributed by atoms with Crippen molar-refractivity contribution in [2.24, 2.45) is 5.16 Å². The van der Waals surface area contributed by atoms with Crippen LogP contribution in [0.15, 0.2) is 46.6 Å². The van der Waals surface area contributed by atoms with Crippen LogP contribution in [0.2, 0.25) is 0 Å². The molecule has 1 aromatic heterocycles. The molecule has 188 valence electrons. The van der Waals surface area contributed by atoms with Gasteiger partial charge >= 0.3 is 11.9 Å². The van der Waals surface area contributed by atoms with E-state index in [1.807, 2.05) is 6.92 Å². The van der Waals surface area contributed by atoms with E-state index in [2.05, 4.69) is 15.5 Å². The van der Waals surface area contributed by atoms with Gasteiger partial charge in [-0.15, -0.1) is 23.1 Å². The average Bonchev–Trinajstić information content (AvgIpc) is 3.30. The van der Waals surface area contributed by atoms with Crippen molar-refractivity contribution in [2.45, 2.75) is 18.3 Å². The third-order valence-corrected chi connectivity index (χ3v) is 7.03. The van der Waals surface area contributed by atoms with Crippen molar-refractivity contribution < 1.29 is 33.5 Å². The van der Waals surface area contributed by atoms with Gasteiger partial charge in [0.05, 0.1) is 5.56 Å². The maximum atomic E-state index is 12.8. The largest absolute Gasteiger partial charge is 0.424 e. The SMILES string of the molecule is CO/N=C(\C(=O)N[C@@H]1C(=O)N2C(C(=O)OCOC(=O)c3ccc(C)cc3)=CCS[C@H]12)c1csc(N)n1. The van der Waals surface area contributed by atoms with E-state index in [1.165, 1.54) is 29.8 Å². The van der Waals surface area contributed by atoms with Crippen molar-refractivity contribution in [3.8, 4) is 0 Å². The lowest BCUT2D eigenvalue weighted by Crippen LogP contribution is -2.70. The molecular weight excluding hydrogens is 510 g/mol. The van der Waals surface area contributed by atoms with Gasteiger partial charge in [0.1, 0.15) is 29.9 Å². The number of thioether (sulfide) groups is 1. The first kappa shape index (κ1) is 25.2. The van der Waals surface area contributed by atoms with E-state index in [-0.39, 0.29) is 22.2 Å². The quantitative estimate of drug-likeness (QED) is 0.165. The predicted molar refractivity (Wildman–Crippen MR) is 131 cm³/mol. The molecule has 2 atom stereocenters. The smallest absolute Gasteiger partial charge is 0.357 e. The molecule has 3 heterocycles. The zero-order valence-electron chi connectivity index (χ0n) is 19.1. The fourth-order valence-electron chi connectivity index (χ4n) is 3.41. The summed E-state index contributed by atoms with van der Waals surface area (Å²) in [4.78, 5) is 60.3. The molecule has 2 aliphatic rings. The number of nitrogen functional groups attached to an aromatic ring is 1. The minimum Gasteiger partial charge on any atom is -0.424 e. The van der Waals surface area contributed by atoms with Crippen LogP contribution in [0.25, 0.3) is 0 Å². The number of benzene rings is 1. The molecule has 1 aromatic carbocycles. The number of hydrogen-bond donors (Lipinski definition) is 2. The lowest BCUT2D eigenvalue weighted by molar-refractivity contribution is -0.156. The highest BCUT2D eigenvalue weighted by molar-refractivity contribution is 8.00. The third kappa shape index (κ3) is 5.18. The number of nitrogens with zero attached hydrogens (tertiary/aromatic N) is 3. The predicted octanol–water partition coefficient (Wildman–Crippen LogP) is 1.03. The van der Waals surface area contributed by atoms with Crippen LogP contribution in [-0.2, 0) is 28.7 Å². The van der Waals surface area contributed by atoms with E-state index in [1.54, 1.807) is 29.6 Å². The normalized spacial score (nSPS) is 18.9. The minimum absolute atomic E-state index is 0.0127. The lowest BCUT2D eigenvalue weighted by atomic mass is 10.0. The van der Waals surface area contributed by atoms with Gasteiger partial charge in [-0.3, -0.25) is 14.5 Å². The Labute approximate surface area is 213 Å². The first-order valence-corrected chi connectivity index (χ1v) is 12.4. The molecule has 36 heavy (non-hydrogen) atoms. The summed E-state index contributed by atoms with van der Waals surface area (Å²) in [6.07, 6.45) is 1.54. The number of thiazole rings is 1. The van der Waals surface area contributed by atoms with Gasteiger partial charge in [0.15, 0.2) is 10.8 Å². The van der Waals surface area contributed by atoms with Crippen LogP contribution in [0.1, 0.15) is 21.6 Å². The Morgan fingerprint density at radius 1 is 1.22 bits per heavy atom. The summed E-state index contributed by atoms with van der Waals surface area (Å²) < 4.78 is 10.0. The van der Waals surface area contributed by atoms with E-state index < -0.39 is 42.0 Å². The summed E-state index contributed by atoms with van der Waals surface area (Å²) in [5.41, 5.74) is 7.02. The molecule has 0 aliphatic carbocycles. The number of aromatic nitrogens is 1. The molecule has 2 aliphatic heterocycles. The number of anilines is 1. The zero-order valence-corrected chi connectivity index (χ0v) is 20.8. The van der Waals surface area contributed by atoms with Crippen molar-refractivity contribution >= 4 is 57.7 Å². The summed E-state index contributed by atoms with van der Waals surface area (Å²) in [5, 5.41) is 7.56. The number of hydrogen-bond acceptors (Lipinski definition) is 12. The molecule has 0 bridgehead atoms. The van der Waals surface area contributed by atoms with Crippen LogP contribution < -0.4 is 11.1 Å². The highest BCUT2D eigenvalue weighted by atomic mass is 32.2. The molecule has 12 nitrogen and oxygen atoms in total. The van der Waals surface area contributed by atoms with Crippen molar-refractivity contribution in [2.75, 3.05) is 25.4 Å².